The summed E-state index contributed by atoms with van der Waals surface area (Å²) in [5.41, 5.74) is 3.85. The number of pyridine rings is 1. The van der Waals surface area contributed by atoms with E-state index in [0.717, 1.165) is 48.1 Å². The number of aromatic nitrogens is 1. The van der Waals surface area contributed by atoms with Crippen LogP contribution < -0.4 is 0 Å². The van der Waals surface area contributed by atoms with E-state index in [2.05, 4.69) is 30.7 Å². The SMILES string of the molecule is C#CCCCCC(=O)CCc1cnc(C)c(C)c1COC(=O)CCCCC#C.CCC. The number of ether oxygens (including phenoxy) is 1. The first-order valence-electron chi connectivity index (χ1n) is 11.4. The molecule has 0 bridgehead atoms. The number of Topliss-reactive ketones (excluding diaryl/α,β-unsaturated/α-hetero) is 1. The normalized spacial score (nSPS) is 9.74. The molecular weight excluding hydrogens is 386 g/mol. The number of esters is 1. The lowest BCUT2D eigenvalue weighted by Crippen LogP contribution is -2.10. The molecule has 4 heteroatoms. The lowest BCUT2D eigenvalue weighted by Gasteiger charge is -2.14. The molecule has 1 rings (SSSR count). The van der Waals surface area contributed by atoms with E-state index >= 15 is 0 Å². The second kappa shape index (κ2) is 18.2. The molecule has 0 saturated carbocycles. The smallest absolute Gasteiger partial charge is 0.306 e. The van der Waals surface area contributed by atoms with Crippen molar-refractivity contribution in [2.45, 2.75) is 105 Å². The number of unbranched alkanes of at least 4 members (excludes halogenated alkanes) is 4. The highest BCUT2D eigenvalue weighted by Gasteiger charge is 2.13. The summed E-state index contributed by atoms with van der Waals surface area (Å²) in [6, 6.07) is 0. The number of terminal acetylenes is 2. The van der Waals surface area contributed by atoms with Crippen LogP contribution in [0.15, 0.2) is 6.20 Å². The van der Waals surface area contributed by atoms with Crippen LogP contribution in [0.5, 0.6) is 0 Å². The molecule has 0 aliphatic rings. The van der Waals surface area contributed by atoms with E-state index in [1.54, 1.807) is 6.20 Å². The first kappa shape index (κ1) is 28.4. The Balaban J connectivity index is 0.00000282. The second-order valence-electron chi connectivity index (χ2n) is 7.70. The van der Waals surface area contributed by atoms with Gasteiger partial charge in [-0.25, -0.2) is 0 Å². The van der Waals surface area contributed by atoms with E-state index in [1.165, 1.54) is 6.42 Å². The van der Waals surface area contributed by atoms with E-state index in [4.69, 9.17) is 17.6 Å². The third-order valence-corrected chi connectivity index (χ3v) is 4.83. The quantitative estimate of drug-likeness (QED) is 0.219. The number of carbonyl (C=O) groups is 2. The summed E-state index contributed by atoms with van der Waals surface area (Å²) in [6.07, 6.45) is 20.2. The minimum absolute atomic E-state index is 0.217. The monoisotopic (exact) mass is 425 g/mol. The molecule has 0 spiro atoms. The first-order chi connectivity index (χ1) is 14.9. The van der Waals surface area contributed by atoms with Gasteiger partial charge in [0.2, 0.25) is 0 Å². The lowest BCUT2D eigenvalue weighted by molar-refractivity contribution is -0.145. The summed E-state index contributed by atoms with van der Waals surface area (Å²) >= 11 is 0. The standard InChI is InChI=1S/C24H31NO3.C3H8/c1-5-7-9-11-13-22(26)16-15-21-17-25-20(4)19(3)23(21)18-28-24(27)14-12-10-8-6-2;1-3-2/h1-2,17H,7-16,18H2,3-4H3;3H2,1-2H3. The van der Waals surface area contributed by atoms with Crippen LogP contribution in [-0.4, -0.2) is 16.7 Å². The Morgan fingerprint density at radius 1 is 0.968 bits per heavy atom. The van der Waals surface area contributed by atoms with Crippen LogP contribution in [0.25, 0.3) is 0 Å². The van der Waals surface area contributed by atoms with Crippen molar-refractivity contribution in [2.75, 3.05) is 0 Å². The Hall–Kier alpha value is -2.59. The van der Waals surface area contributed by atoms with Crippen molar-refractivity contribution < 1.29 is 14.3 Å². The van der Waals surface area contributed by atoms with Crippen molar-refractivity contribution in [3.63, 3.8) is 0 Å². The van der Waals surface area contributed by atoms with Crippen LogP contribution in [0, 0.1) is 38.5 Å². The van der Waals surface area contributed by atoms with E-state index in [9.17, 15) is 9.59 Å². The Morgan fingerprint density at radius 3 is 2.13 bits per heavy atom. The molecule has 0 N–H and O–H groups in total. The molecule has 0 unspecified atom stereocenters. The topological polar surface area (TPSA) is 56.3 Å². The summed E-state index contributed by atoms with van der Waals surface area (Å²) in [6.45, 7) is 8.37. The number of nitrogens with zero attached hydrogens (tertiary/aromatic N) is 1. The van der Waals surface area contributed by atoms with Gasteiger partial charge in [-0.15, -0.1) is 24.7 Å². The maximum absolute atomic E-state index is 12.1. The van der Waals surface area contributed by atoms with Gasteiger partial charge in [0.1, 0.15) is 12.4 Å². The Labute approximate surface area is 189 Å². The Bertz CT molecular complexity index is 753. The average molecular weight is 426 g/mol. The molecule has 0 fully saturated rings. The van der Waals surface area contributed by atoms with Crippen molar-refractivity contribution in [1.82, 2.24) is 4.98 Å². The molecule has 0 aromatic carbocycles. The van der Waals surface area contributed by atoms with Crippen LogP contribution in [0.3, 0.4) is 0 Å². The number of ketones is 1. The first-order valence-corrected chi connectivity index (χ1v) is 11.4. The highest BCUT2D eigenvalue weighted by molar-refractivity contribution is 5.78. The number of rotatable bonds is 13. The van der Waals surface area contributed by atoms with E-state index in [0.29, 0.717) is 38.5 Å². The summed E-state index contributed by atoms with van der Waals surface area (Å²) < 4.78 is 5.46. The van der Waals surface area contributed by atoms with Gasteiger partial charge >= 0.3 is 5.97 Å². The zero-order chi connectivity index (χ0) is 23.5. The predicted molar refractivity (Wildman–Crippen MR) is 127 cm³/mol. The predicted octanol–water partition coefficient (Wildman–Crippen LogP) is 6.05. The fourth-order valence-electron chi connectivity index (χ4n) is 2.89. The molecule has 4 nitrogen and oxygen atoms in total. The number of carbonyl (C=O) groups excluding carboxylic acids is 2. The number of aryl methyl sites for hydroxylation is 2. The Kier molecular flexibility index (Phi) is 16.7. The fraction of sp³-hybridized carbons (Fsp3) is 0.593. The highest BCUT2D eigenvalue weighted by Crippen LogP contribution is 2.20. The van der Waals surface area contributed by atoms with Crippen LogP contribution in [0.4, 0.5) is 0 Å². The van der Waals surface area contributed by atoms with Gasteiger partial charge in [0, 0.05) is 44.0 Å². The van der Waals surface area contributed by atoms with Crippen molar-refractivity contribution in [3.05, 3.63) is 28.6 Å². The second-order valence-corrected chi connectivity index (χ2v) is 7.70. The van der Waals surface area contributed by atoms with Crippen molar-refractivity contribution in [2.24, 2.45) is 0 Å². The summed E-state index contributed by atoms with van der Waals surface area (Å²) in [5, 5.41) is 0. The average Bonchev–Trinajstić information content (AvgIpc) is 2.75. The van der Waals surface area contributed by atoms with Crippen molar-refractivity contribution in [3.8, 4) is 24.7 Å². The molecule has 1 aromatic rings. The maximum atomic E-state index is 12.1. The van der Waals surface area contributed by atoms with Crippen LogP contribution >= 0.6 is 0 Å². The van der Waals surface area contributed by atoms with E-state index < -0.39 is 0 Å². The molecule has 1 heterocycles. The molecular formula is C27H39NO3. The van der Waals surface area contributed by atoms with Crippen LogP contribution in [-0.2, 0) is 27.4 Å². The molecule has 0 amide bonds. The molecule has 31 heavy (non-hydrogen) atoms. The zero-order valence-electron chi connectivity index (χ0n) is 19.9. The zero-order valence-corrected chi connectivity index (χ0v) is 19.9. The van der Waals surface area contributed by atoms with Gasteiger partial charge in [-0.05, 0) is 62.6 Å². The summed E-state index contributed by atoms with van der Waals surface area (Å²) in [7, 11) is 0. The van der Waals surface area contributed by atoms with Crippen molar-refractivity contribution in [1.29, 1.82) is 0 Å². The minimum atomic E-state index is -0.221. The van der Waals surface area contributed by atoms with Gasteiger partial charge in [-0.3, -0.25) is 14.6 Å². The third-order valence-electron chi connectivity index (χ3n) is 4.83. The van der Waals surface area contributed by atoms with E-state index in [-0.39, 0.29) is 18.4 Å². The third kappa shape index (κ3) is 13.3. The van der Waals surface area contributed by atoms with E-state index in [1.807, 2.05) is 13.8 Å². The maximum Gasteiger partial charge on any atom is 0.306 e. The number of hydrogen-bond donors (Lipinski definition) is 0. The van der Waals surface area contributed by atoms with Gasteiger partial charge < -0.3 is 4.74 Å². The molecule has 1 aromatic heterocycles. The van der Waals surface area contributed by atoms with Crippen LogP contribution in [0.2, 0.25) is 0 Å². The molecule has 0 aliphatic carbocycles. The molecule has 0 atom stereocenters. The van der Waals surface area contributed by atoms with Gasteiger partial charge in [-0.2, -0.15) is 0 Å². The van der Waals surface area contributed by atoms with Gasteiger partial charge in [0.25, 0.3) is 0 Å². The molecule has 170 valence electrons. The highest BCUT2D eigenvalue weighted by atomic mass is 16.5. The number of hydrogen-bond acceptors (Lipinski definition) is 4. The minimum Gasteiger partial charge on any atom is -0.461 e. The van der Waals surface area contributed by atoms with Crippen molar-refractivity contribution >= 4 is 11.8 Å². The largest absolute Gasteiger partial charge is 0.461 e. The molecule has 0 saturated heterocycles. The molecule has 0 radical (unpaired) electrons. The van der Waals surface area contributed by atoms with Gasteiger partial charge in [-0.1, -0.05) is 20.3 Å². The molecule has 0 aliphatic heterocycles. The summed E-state index contributed by atoms with van der Waals surface area (Å²) in [5.74, 6) is 5.17. The van der Waals surface area contributed by atoms with Gasteiger partial charge in [0.05, 0.1) is 0 Å². The fourth-order valence-corrected chi connectivity index (χ4v) is 2.89. The lowest BCUT2D eigenvalue weighted by atomic mass is 9.98. The van der Waals surface area contributed by atoms with Gasteiger partial charge in [0.15, 0.2) is 0 Å². The Morgan fingerprint density at radius 2 is 1.55 bits per heavy atom. The van der Waals surface area contributed by atoms with Crippen LogP contribution in [0.1, 0.15) is 100 Å². The summed E-state index contributed by atoms with van der Waals surface area (Å²) in [4.78, 5) is 28.5.